The Morgan fingerprint density at radius 1 is 1.28 bits per heavy atom. The minimum atomic E-state index is -3.41. The summed E-state index contributed by atoms with van der Waals surface area (Å²) in [4.78, 5) is 23.4. The zero-order valence-electron chi connectivity index (χ0n) is 11.0. The Kier molecular flexibility index (Phi) is 6.90. The maximum Gasteiger partial charge on any atom is 0.305 e. The topological polar surface area (TPSA) is 91.8 Å². The first-order chi connectivity index (χ1) is 8.18. The van der Waals surface area contributed by atoms with Crippen LogP contribution in [0.2, 0.25) is 0 Å². The van der Waals surface area contributed by atoms with Crippen LogP contribution in [0.1, 0.15) is 27.2 Å². The van der Waals surface area contributed by atoms with Crippen LogP contribution in [0.4, 0.5) is 0 Å². The second-order valence-electron chi connectivity index (χ2n) is 4.57. The Labute approximate surface area is 108 Å². The lowest BCUT2D eigenvalue weighted by Crippen LogP contribution is -2.38. The van der Waals surface area contributed by atoms with Crippen LogP contribution < -0.4 is 0 Å². The number of hydrogen-bond donors (Lipinski definition) is 1. The highest BCUT2D eigenvalue weighted by Crippen LogP contribution is 2.03. The molecule has 18 heavy (non-hydrogen) atoms. The van der Waals surface area contributed by atoms with E-state index in [1.54, 1.807) is 20.8 Å². The number of carbonyl (C=O) groups is 2. The summed E-state index contributed by atoms with van der Waals surface area (Å²) in [6.07, 6.45) is -0.177. The monoisotopic (exact) mass is 279 g/mol. The molecule has 0 spiro atoms. The SMILES string of the molecule is CCN(CCC(=O)O)C(=O)CS(=O)(=O)CC(C)C. The normalized spacial score (nSPS) is 11.6. The molecule has 0 bridgehead atoms. The maximum atomic E-state index is 11.7. The van der Waals surface area contributed by atoms with Crippen LogP contribution in [0, 0.1) is 5.92 Å². The van der Waals surface area contributed by atoms with Crippen LogP contribution >= 0.6 is 0 Å². The van der Waals surface area contributed by atoms with Crippen molar-refractivity contribution in [3.8, 4) is 0 Å². The zero-order chi connectivity index (χ0) is 14.3. The number of hydrogen-bond acceptors (Lipinski definition) is 4. The van der Waals surface area contributed by atoms with Crippen molar-refractivity contribution in [2.45, 2.75) is 27.2 Å². The fourth-order valence-corrected chi connectivity index (χ4v) is 3.23. The average molecular weight is 279 g/mol. The van der Waals surface area contributed by atoms with E-state index in [9.17, 15) is 18.0 Å². The summed E-state index contributed by atoms with van der Waals surface area (Å²) in [6.45, 7) is 5.58. The number of rotatable bonds is 8. The van der Waals surface area contributed by atoms with Gasteiger partial charge in [-0.2, -0.15) is 0 Å². The summed E-state index contributed by atoms with van der Waals surface area (Å²) in [7, 11) is -3.41. The van der Waals surface area contributed by atoms with Crippen LogP contribution in [0.15, 0.2) is 0 Å². The number of carboxylic acid groups (broad SMARTS) is 1. The molecule has 0 fully saturated rings. The fourth-order valence-electron chi connectivity index (χ4n) is 1.54. The molecule has 0 aromatic heterocycles. The first-order valence-electron chi connectivity index (χ1n) is 5.88. The average Bonchev–Trinajstić information content (AvgIpc) is 2.14. The molecular weight excluding hydrogens is 258 g/mol. The van der Waals surface area contributed by atoms with E-state index in [4.69, 9.17) is 5.11 Å². The van der Waals surface area contributed by atoms with Crippen molar-refractivity contribution in [1.29, 1.82) is 0 Å². The number of aliphatic carboxylic acids is 1. The van der Waals surface area contributed by atoms with Gasteiger partial charge in [0.05, 0.1) is 12.2 Å². The number of carbonyl (C=O) groups excluding carboxylic acids is 1. The summed E-state index contributed by atoms with van der Waals surface area (Å²) in [5.74, 6) is -2.14. The molecule has 0 rings (SSSR count). The summed E-state index contributed by atoms with van der Waals surface area (Å²) < 4.78 is 23.3. The van der Waals surface area contributed by atoms with Gasteiger partial charge in [-0.05, 0) is 12.8 Å². The van der Waals surface area contributed by atoms with Gasteiger partial charge in [0.25, 0.3) is 0 Å². The van der Waals surface area contributed by atoms with Gasteiger partial charge in [0.2, 0.25) is 5.91 Å². The molecule has 0 saturated carbocycles. The summed E-state index contributed by atoms with van der Waals surface area (Å²) in [6, 6.07) is 0. The van der Waals surface area contributed by atoms with Gasteiger partial charge in [-0.15, -0.1) is 0 Å². The molecule has 0 atom stereocenters. The highest BCUT2D eigenvalue weighted by molar-refractivity contribution is 7.92. The third-order valence-electron chi connectivity index (χ3n) is 2.26. The van der Waals surface area contributed by atoms with E-state index >= 15 is 0 Å². The number of amides is 1. The second kappa shape index (κ2) is 7.35. The molecule has 0 aromatic carbocycles. The van der Waals surface area contributed by atoms with E-state index in [1.807, 2.05) is 0 Å². The lowest BCUT2D eigenvalue weighted by Gasteiger charge is -2.20. The van der Waals surface area contributed by atoms with E-state index in [-0.39, 0.29) is 24.6 Å². The fraction of sp³-hybridized carbons (Fsp3) is 0.818. The van der Waals surface area contributed by atoms with Crippen LogP contribution in [-0.4, -0.2) is 54.9 Å². The molecule has 0 aliphatic heterocycles. The van der Waals surface area contributed by atoms with E-state index in [1.165, 1.54) is 4.90 Å². The van der Waals surface area contributed by atoms with Crippen molar-refractivity contribution < 1.29 is 23.1 Å². The molecule has 6 nitrogen and oxygen atoms in total. The summed E-state index contributed by atoms with van der Waals surface area (Å²) in [5.41, 5.74) is 0. The molecule has 0 aliphatic rings. The van der Waals surface area contributed by atoms with Crippen molar-refractivity contribution in [2.75, 3.05) is 24.6 Å². The molecule has 0 saturated heterocycles. The quantitative estimate of drug-likeness (QED) is 0.693. The molecule has 1 amide bonds. The van der Waals surface area contributed by atoms with Crippen LogP contribution in [0.3, 0.4) is 0 Å². The zero-order valence-corrected chi connectivity index (χ0v) is 11.9. The molecule has 7 heteroatoms. The molecular formula is C11H21NO5S. The number of nitrogens with zero attached hydrogens (tertiary/aromatic N) is 1. The Morgan fingerprint density at radius 3 is 2.22 bits per heavy atom. The van der Waals surface area contributed by atoms with E-state index in [0.717, 1.165) is 0 Å². The van der Waals surface area contributed by atoms with Gasteiger partial charge in [0, 0.05) is 13.1 Å². The number of sulfone groups is 1. The second-order valence-corrected chi connectivity index (χ2v) is 6.67. The Hall–Kier alpha value is -1.11. The van der Waals surface area contributed by atoms with E-state index < -0.39 is 27.5 Å². The molecule has 0 aliphatic carbocycles. The third kappa shape index (κ3) is 7.26. The van der Waals surface area contributed by atoms with Crippen LogP contribution in [-0.2, 0) is 19.4 Å². The van der Waals surface area contributed by atoms with Crippen molar-refractivity contribution >= 4 is 21.7 Å². The molecule has 1 N–H and O–H groups in total. The van der Waals surface area contributed by atoms with Gasteiger partial charge in [0.1, 0.15) is 5.75 Å². The van der Waals surface area contributed by atoms with Crippen molar-refractivity contribution in [3.05, 3.63) is 0 Å². The van der Waals surface area contributed by atoms with E-state index in [2.05, 4.69) is 0 Å². The number of carboxylic acids is 1. The first kappa shape index (κ1) is 16.9. The molecule has 0 aromatic rings. The van der Waals surface area contributed by atoms with Gasteiger partial charge in [-0.1, -0.05) is 13.8 Å². The smallest absolute Gasteiger partial charge is 0.305 e. The van der Waals surface area contributed by atoms with Crippen LogP contribution in [0.5, 0.6) is 0 Å². The third-order valence-corrected chi connectivity index (χ3v) is 4.12. The molecule has 0 radical (unpaired) electrons. The van der Waals surface area contributed by atoms with Crippen molar-refractivity contribution in [1.82, 2.24) is 4.90 Å². The van der Waals surface area contributed by atoms with Gasteiger partial charge in [-0.25, -0.2) is 8.42 Å². The van der Waals surface area contributed by atoms with Gasteiger partial charge in [-0.3, -0.25) is 9.59 Å². The van der Waals surface area contributed by atoms with Gasteiger partial charge in [0.15, 0.2) is 9.84 Å². The Bertz CT molecular complexity index is 388. The molecule has 0 unspecified atom stereocenters. The van der Waals surface area contributed by atoms with Crippen molar-refractivity contribution in [3.63, 3.8) is 0 Å². The Morgan fingerprint density at radius 2 is 1.83 bits per heavy atom. The summed E-state index contributed by atoms with van der Waals surface area (Å²) in [5, 5.41) is 8.53. The maximum absolute atomic E-state index is 11.7. The largest absolute Gasteiger partial charge is 0.481 e. The Balaban J connectivity index is 4.48. The van der Waals surface area contributed by atoms with Crippen LogP contribution in [0.25, 0.3) is 0 Å². The van der Waals surface area contributed by atoms with E-state index in [0.29, 0.717) is 6.54 Å². The lowest BCUT2D eigenvalue weighted by atomic mass is 10.3. The highest BCUT2D eigenvalue weighted by Gasteiger charge is 2.22. The predicted molar refractivity (Wildman–Crippen MR) is 68.0 cm³/mol. The molecule has 0 heterocycles. The minimum Gasteiger partial charge on any atom is -0.481 e. The molecule has 106 valence electrons. The lowest BCUT2D eigenvalue weighted by molar-refractivity contribution is -0.138. The summed E-state index contributed by atoms with van der Waals surface area (Å²) >= 11 is 0. The predicted octanol–water partition coefficient (Wildman–Crippen LogP) is 0.380. The van der Waals surface area contributed by atoms with Gasteiger partial charge >= 0.3 is 5.97 Å². The first-order valence-corrected chi connectivity index (χ1v) is 7.70. The standard InChI is InChI=1S/C11H21NO5S/c1-4-12(6-5-11(14)15)10(13)8-18(16,17)7-9(2)3/h9H,4-8H2,1-3H3,(H,14,15). The highest BCUT2D eigenvalue weighted by atomic mass is 32.2. The van der Waals surface area contributed by atoms with Crippen molar-refractivity contribution in [2.24, 2.45) is 5.92 Å². The minimum absolute atomic E-state index is 0.0307. The van der Waals surface area contributed by atoms with Gasteiger partial charge < -0.3 is 10.0 Å².